The monoisotopic (exact) mass is 424 g/mol. The SMILES string of the molecule is Cc1ccc(O)c(CC2(O)CC=Cc3ccccc32)c1CC1(O)CC=Cc2ccccc21. The van der Waals surface area contributed by atoms with E-state index in [0.29, 0.717) is 24.8 Å². The van der Waals surface area contributed by atoms with E-state index < -0.39 is 11.2 Å². The summed E-state index contributed by atoms with van der Waals surface area (Å²) in [4.78, 5) is 0. The van der Waals surface area contributed by atoms with Gasteiger partial charge in [-0.2, -0.15) is 0 Å². The largest absolute Gasteiger partial charge is 0.508 e. The molecule has 0 amide bonds. The van der Waals surface area contributed by atoms with Gasteiger partial charge in [-0.15, -0.1) is 0 Å². The lowest BCUT2D eigenvalue weighted by Gasteiger charge is -2.36. The van der Waals surface area contributed by atoms with Crippen LogP contribution in [0.3, 0.4) is 0 Å². The van der Waals surface area contributed by atoms with Crippen molar-refractivity contribution in [3.63, 3.8) is 0 Å². The number of rotatable bonds is 4. The third-order valence-corrected chi connectivity index (χ3v) is 7.01. The predicted octanol–water partition coefficient (Wildman–Crippen LogP) is 5.40. The van der Waals surface area contributed by atoms with Crippen LogP contribution >= 0.6 is 0 Å². The van der Waals surface area contributed by atoms with Crippen molar-refractivity contribution in [3.05, 3.63) is 112 Å². The first-order valence-corrected chi connectivity index (χ1v) is 11.2. The predicted molar refractivity (Wildman–Crippen MR) is 128 cm³/mol. The van der Waals surface area contributed by atoms with Gasteiger partial charge in [0.05, 0.1) is 11.2 Å². The molecule has 0 spiro atoms. The molecule has 3 heteroatoms. The van der Waals surface area contributed by atoms with E-state index in [2.05, 4.69) is 0 Å². The highest BCUT2D eigenvalue weighted by Crippen LogP contribution is 2.42. The van der Waals surface area contributed by atoms with Crippen LogP contribution in [0.5, 0.6) is 5.75 Å². The summed E-state index contributed by atoms with van der Waals surface area (Å²) in [7, 11) is 0. The van der Waals surface area contributed by atoms with Crippen molar-refractivity contribution in [2.75, 3.05) is 0 Å². The molecule has 0 fully saturated rings. The van der Waals surface area contributed by atoms with Crippen LogP contribution in [0.15, 0.2) is 72.8 Å². The molecule has 0 radical (unpaired) electrons. The molecule has 162 valence electrons. The molecule has 2 unspecified atom stereocenters. The molecule has 0 saturated heterocycles. The average Bonchev–Trinajstić information content (AvgIpc) is 2.79. The number of hydrogen-bond acceptors (Lipinski definition) is 3. The lowest BCUT2D eigenvalue weighted by Crippen LogP contribution is -2.33. The Labute approximate surface area is 189 Å². The maximum Gasteiger partial charge on any atom is 0.119 e. The van der Waals surface area contributed by atoms with E-state index in [1.807, 2.05) is 85.8 Å². The van der Waals surface area contributed by atoms with Crippen LogP contribution in [0.4, 0.5) is 0 Å². The molecule has 5 rings (SSSR count). The zero-order chi connectivity index (χ0) is 22.3. The van der Waals surface area contributed by atoms with Crippen LogP contribution in [-0.4, -0.2) is 15.3 Å². The quantitative estimate of drug-likeness (QED) is 0.526. The Morgan fingerprint density at radius 1 is 0.688 bits per heavy atom. The molecule has 3 nitrogen and oxygen atoms in total. The number of hydrogen-bond donors (Lipinski definition) is 3. The average molecular weight is 425 g/mol. The zero-order valence-electron chi connectivity index (χ0n) is 18.3. The molecule has 3 aromatic carbocycles. The van der Waals surface area contributed by atoms with Crippen molar-refractivity contribution in [1.29, 1.82) is 0 Å². The molecular weight excluding hydrogens is 396 g/mol. The Hall–Kier alpha value is -3.14. The number of phenolic OH excluding ortho intramolecular Hbond substituents is 1. The number of benzene rings is 3. The van der Waals surface area contributed by atoms with Gasteiger partial charge in [0.25, 0.3) is 0 Å². The molecule has 32 heavy (non-hydrogen) atoms. The second-order valence-corrected chi connectivity index (χ2v) is 9.16. The fraction of sp³-hybridized carbons (Fsp3) is 0.241. The van der Waals surface area contributed by atoms with Gasteiger partial charge in [0.15, 0.2) is 0 Å². The standard InChI is InChI=1S/C29H28O3/c1-20-14-15-27(30)24(19-29(32)17-7-11-22-9-3-5-13-26(22)29)23(20)18-28(31)16-6-10-21-8-2-4-12-25(21)28/h2-15,30-32H,16-19H2,1H3. The second-order valence-electron chi connectivity index (χ2n) is 9.16. The summed E-state index contributed by atoms with van der Waals surface area (Å²) in [6.45, 7) is 2.00. The summed E-state index contributed by atoms with van der Waals surface area (Å²) >= 11 is 0. The highest BCUT2D eigenvalue weighted by atomic mass is 16.3. The molecule has 2 atom stereocenters. The van der Waals surface area contributed by atoms with Crippen molar-refractivity contribution < 1.29 is 15.3 Å². The Bertz CT molecular complexity index is 1140. The second kappa shape index (κ2) is 7.77. The number of phenols is 1. The minimum absolute atomic E-state index is 0.161. The van der Waals surface area contributed by atoms with Gasteiger partial charge in [0.2, 0.25) is 0 Å². The third kappa shape index (κ3) is 3.48. The minimum atomic E-state index is -1.11. The summed E-state index contributed by atoms with van der Waals surface area (Å²) in [6, 6.07) is 19.4. The molecule has 0 bridgehead atoms. The van der Waals surface area contributed by atoms with Gasteiger partial charge < -0.3 is 15.3 Å². The summed E-state index contributed by atoms with van der Waals surface area (Å²) in [5, 5.41) is 34.3. The van der Waals surface area contributed by atoms with Crippen molar-refractivity contribution in [3.8, 4) is 5.75 Å². The van der Waals surface area contributed by atoms with Gasteiger partial charge in [-0.05, 0) is 59.2 Å². The summed E-state index contributed by atoms with van der Waals surface area (Å²) in [5.41, 5.74) is 4.23. The van der Waals surface area contributed by atoms with Gasteiger partial charge in [0.1, 0.15) is 5.75 Å². The van der Waals surface area contributed by atoms with E-state index in [0.717, 1.165) is 33.4 Å². The lowest BCUT2D eigenvalue weighted by molar-refractivity contribution is 0.0319. The first-order chi connectivity index (χ1) is 15.4. The Morgan fingerprint density at radius 3 is 1.75 bits per heavy atom. The third-order valence-electron chi connectivity index (χ3n) is 7.01. The topological polar surface area (TPSA) is 60.7 Å². The van der Waals surface area contributed by atoms with Crippen LogP contribution in [-0.2, 0) is 24.0 Å². The van der Waals surface area contributed by atoms with Crippen LogP contribution in [0.25, 0.3) is 12.2 Å². The Kier molecular flexibility index (Phi) is 5.04. The number of aromatic hydroxyl groups is 1. The summed E-state index contributed by atoms with van der Waals surface area (Å²) < 4.78 is 0. The van der Waals surface area contributed by atoms with Gasteiger partial charge in [-0.3, -0.25) is 0 Å². The fourth-order valence-corrected chi connectivity index (χ4v) is 5.27. The van der Waals surface area contributed by atoms with Gasteiger partial charge >= 0.3 is 0 Å². The first kappa shape index (κ1) is 20.7. The highest BCUT2D eigenvalue weighted by Gasteiger charge is 2.37. The number of aryl methyl sites for hydroxylation is 1. The molecule has 0 aliphatic heterocycles. The van der Waals surface area contributed by atoms with Gasteiger partial charge in [-0.1, -0.05) is 78.9 Å². The summed E-state index contributed by atoms with van der Waals surface area (Å²) in [6.07, 6.45) is 9.73. The maximum atomic E-state index is 11.7. The van der Waals surface area contributed by atoms with E-state index in [-0.39, 0.29) is 12.2 Å². The molecule has 0 aromatic heterocycles. The normalized spacial score (nSPS) is 23.6. The van der Waals surface area contributed by atoms with Crippen LogP contribution in [0.1, 0.15) is 51.8 Å². The molecule has 2 aliphatic rings. The summed E-state index contributed by atoms with van der Waals surface area (Å²) in [5.74, 6) is 0.161. The number of fused-ring (bicyclic) bond motifs is 2. The highest BCUT2D eigenvalue weighted by molar-refractivity contribution is 5.61. The van der Waals surface area contributed by atoms with E-state index in [1.54, 1.807) is 6.07 Å². The van der Waals surface area contributed by atoms with E-state index in [4.69, 9.17) is 0 Å². The van der Waals surface area contributed by atoms with Crippen molar-refractivity contribution >= 4 is 12.2 Å². The van der Waals surface area contributed by atoms with Crippen LogP contribution < -0.4 is 0 Å². The zero-order valence-corrected chi connectivity index (χ0v) is 18.3. The van der Waals surface area contributed by atoms with Crippen molar-refractivity contribution in [2.45, 2.75) is 43.8 Å². The maximum absolute atomic E-state index is 11.7. The number of aliphatic hydroxyl groups is 2. The van der Waals surface area contributed by atoms with E-state index >= 15 is 0 Å². The lowest BCUT2D eigenvalue weighted by atomic mass is 9.74. The van der Waals surface area contributed by atoms with Crippen molar-refractivity contribution in [2.24, 2.45) is 0 Å². The smallest absolute Gasteiger partial charge is 0.119 e. The fourth-order valence-electron chi connectivity index (χ4n) is 5.27. The minimum Gasteiger partial charge on any atom is -0.508 e. The molecule has 3 aromatic rings. The van der Waals surface area contributed by atoms with Crippen LogP contribution in [0.2, 0.25) is 0 Å². The van der Waals surface area contributed by atoms with E-state index in [9.17, 15) is 15.3 Å². The molecule has 0 heterocycles. The molecule has 3 N–H and O–H groups in total. The molecule has 2 aliphatic carbocycles. The van der Waals surface area contributed by atoms with Gasteiger partial charge in [0, 0.05) is 18.4 Å². The molecular formula is C29H28O3. The van der Waals surface area contributed by atoms with Crippen LogP contribution in [0, 0.1) is 6.92 Å². The van der Waals surface area contributed by atoms with Gasteiger partial charge in [-0.25, -0.2) is 0 Å². The first-order valence-electron chi connectivity index (χ1n) is 11.2. The van der Waals surface area contributed by atoms with E-state index in [1.165, 1.54) is 0 Å². The van der Waals surface area contributed by atoms with Crippen molar-refractivity contribution in [1.82, 2.24) is 0 Å². The molecule has 0 saturated carbocycles. The Balaban J connectivity index is 1.57. The Morgan fingerprint density at radius 2 is 1.19 bits per heavy atom.